The monoisotopic (exact) mass is 383 g/mol. The number of anilines is 1. The Kier molecular flexibility index (Phi) is 6.12. The predicted octanol–water partition coefficient (Wildman–Crippen LogP) is 5.91. The molecule has 1 N–H and O–H groups in total. The first-order valence-electron chi connectivity index (χ1n) is 8.05. The van der Waals surface area contributed by atoms with Gasteiger partial charge in [-0.25, -0.2) is 4.39 Å². The maximum atomic E-state index is 13.1. The van der Waals surface area contributed by atoms with Crippen LogP contribution in [0, 0.1) is 5.82 Å². The largest absolute Gasteiger partial charge is 0.484 e. The highest BCUT2D eigenvalue weighted by Gasteiger charge is 2.06. The van der Waals surface area contributed by atoms with Gasteiger partial charge in [0.1, 0.15) is 11.6 Å². The highest BCUT2D eigenvalue weighted by molar-refractivity contribution is 6.30. The normalized spacial score (nSPS) is 10.7. The molecule has 0 aromatic heterocycles. The van der Waals surface area contributed by atoms with Gasteiger partial charge in [0, 0.05) is 11.8 Å². The van der Waals surface area contributed by atoms with Crippen molar-refractivity contribution in [3.05, 3.63) is 83.6 Å². The molecule has 0 radical (unpaired) electrons. The molecule has 0 atom stereocenters. The Morgan fingerprint density at radius 1 is 0.963 bits per heavy atom. The fourth-order valence-corrected chi connectivity index (χ4v) is 2.30. The number of nitrogens with one attached hydrogen (secondary N) is 1. The van der Waals surface area contributed by atoms with Gasteiger partial charge in [-0.2, -0.15) is 10.2 Å². The van der Waals surface area contributed by atoms with Crippen molar-refractivity contribution in [2.24, 2.45) is 10.2 Å². The lowest BCUT2D eigenvalue weighted by Gasteiger charge is -2.08. The van der Waals surface area contributed by atoms with E-state index in [-0.39, 0.29) is 17.5 Å². The molecule has 3 aromatic rings. The van der Waals surface area contributed by atoms with E-state index in [1.807, 2.05) is 30.3 Å². The minimum atomic E-state index is -0.544. The highest BCUT2D eigenvalue weighted by atomic mass is 35.5. The predicted molar refractivity (Wildman–Crippen MR) is 103 cm³/mol. The number of rotatable bonds is 6. The standard InChI is InChI=1S/C20H15ClFN3O2/c21-18-12-17(10-11-19(18)22)27-13-20(26)23-14-6-8-16(9-7-14)25-24-15-4-2-1-3-5-15/h1-12H,13H2,(H,23,26). The van der Waals surface area contributed by atoms with Crippen molar-refractivity contribution < 1.29 is 13.9 Å². The minimum absolute atomic E-state index is 0.0619. The molecule has 3 rings (SSSR count). The Bertz CT molecular complexity index is 947. The fraction of sp³-hybridized carbons (Fsp3) is 0.0500. The molecule has 0 aliphatic heterocycles. The number of carbonyl (C=O) groups is 1. The summed E-state index contributed by atoms with van der Waals surface area (Å²) in [5.74, 6) is -0.583. The number of hydrogen-bond acceptors (Lipinski definition) is 4. The molecule has 7 heteroatoms. The molecule has 0 saturated carbocycles. The molecule has 136 valence electrons. The third-order valence-electron chi connectivity index (χ3n) is 3.45. The number of ether oxygens (including phenoxy) is 1. The number of azo groups is 1. The SMILES string of the molecule is O=C(COc1ccc(F)c(Cl)c1)Nc1ccc(N=Nc2ccccc2)cc1. The summed E-state index contributed by atoms with van der Waals surface area (Å²) in [6.45, 7) is -0.225. The molecule has 27 heavy (non-hydrogen) atoms. The average Bonchev–Trinajstić information content (AvgIpc) is 2.69. The van der Waals surface area contributed by atoms with E-state index in [0.29, 0.717) is 17.1 Å². The lowest BCUT2D eigenvalue weighted by Crippen LogP contribution is -2.20. The van der Waals surface area contributed by atoms with Gasteiger partial charge in [-0.15, -0.1) is 0 Å². The first-order chi connectivity index (χ1) is 13.1. The first-order valence-corrected chi connectivity index (χ1v) is 8.42. The quantitative estimate of drug-likeness (QED) is 0.537. The summed E-state index contributed by atoms with van der Waals surface area (Å²) in [5.41, 5.74) is 2.02. The van der Waals surface area contributed by atoms with Crippen molar-refractivity contribution in [3.8, 4) is 5.75 Å². The van der Waals surface area contributed by atoms with Gasteiger partial charge in [-0.3, -0.25) is 4.79 Å². The van der Waals surface area contributed by atoms with Crippen LogP contribution in [0.25, 0.3) is 0 Å². The smallest absolute Gasteiger partial charge is 0.262 e. The zero-order valence-corrected chi connectivity index (χ0v) is 14.9. The molecule has 3 aromatic carbocycles. The number of hydrogen-bond donors (Lipinski definition) is 1. The molecular formula is C20H15ClFN3O2. The molecule has 0 aliphatic carbocycles. The molecule has 0 heterocycles. The summed E-state index contributed by atoms with van der Waals surface area (Å²) in [4.78, 5) is 11.9. The van der Waals surface area contributed by atoms with Crippen LogP contribution in [0.1, 0.15) is 0 Å². The molecule has 0 bridgehead atoms. The maximum absolute atomic E-state index is 13.1. The van der Waals surface area contributed by atoms with Gasteiger partial charge >= 0.3 is 0 Å². The van der Waals surface area contributed by atoms with Gasteiger partial charge in [0.25, 0.3) is 5.91 Å². The Morgan fingerprint density at radius 2 is 1.63 bits per heavy atom. The number of amides is 1. The van der Waals surface area contributed by atoms with Gasteiger partial charge in [0.15, 0.2) is 6.61 Å². The summed E-state index contributed by atoms with van der Waals surface area (Å²) >= 11 is 5.67. The Morgan fingerprint density at radius 3 is 2.30 bits per heavy atom. The molecule has 0 saturated heterocycles. The highest BCUT2D eigenvalue weighted by Crippen LogP contribution is 2.22. The van der Waals surface area contributed by atoms with Crippen molar-refractivity contribution >= 4 is 34.6 Å². The summed E-state index contributed by atoms with van der Waals surface area (Å²) in [6, 6.07) is 20.2. The van der Waals surface area contributed by atoms with Crippen molar-refractivity contribution in [2.75, 3.05) is 11.9 Å². The van der Waals surface area contributed by atoms with Crippen LogP contribution < -0.4 is 10.1 Å². The van der Waals surface area contributed by atoms with Gasteiger partial charge in [-0.05, 0) is 48.5 Å². The number of nitrogens with zero attached hydrogens (tertiary/aromatic N) is 2. The van der Waals surface area contributed by atoms with Crippen LogP contribution in [-0.2, 0) is 4.79 Å². The second kappa shape index (κ2) is 8.91. The molecule has 0 spiro atoms. The van der Waals surface area contributed by atoms with E-state index in [2.05, 4.69) is 15.5 Å². The van der Waals surface area contributed by atoms with E-state index < -0.39 is 5.82 Å². The van der Waals surface area contributed by atoms with Crippen LogP contribution in [-0.4, -0.2) is 12.5 Å². The van der Waals surface area contributed by atoms with E-state index in [9.17, 15) is 9.18 Å². The molecular weight excluding hydrogens is 369 g/mol. The van der Waals surface area contributed by atoms with Crippen molar-refractivity contribution in [1.29, 1.82) is 0 Å². The van der Waals surface area contributed by atoms with Crippen LogP contribution in [0.15, 0.2) is 83.0 Å². The number of halogens is 2. The summed E-state index contributed by atoms with van der Waals surface area (Å²) in [6.07, 6.45) is 0. The molecule has 5 nitrogen and oxygen atoms in total. The molecule has 0 fully saturated rings. The molecule has 1 amide bonds. The number of carbonyl (C=O) groups excluding carboxylic acids is 1. The zero-order valence-electron chi connectivity index (χ0n) is 14.1. The summed E-state index contributed by atoms with van der Waals surface area (Å²) in [7, 11) is 0. The lowest BCUT2D eigenvalue weighted by atomic mass is 10.3. The van der Waals surface area contributed by atoms with E-state index in [4.69, 9.17) is 16.3 Å². The van der Waals surface area contributed by atoms with Crippen LogP contribution in [0.5, 0.6) is 5.75 Å². The first kappa shape index (κ1) is 18.5. The maximum Gasteiger partial charge on any atom is 0.262 e. The minimum Gasteiger partial charge on any atom is -0.484 e. The summed E-state index contributed by atoms with van der Waals surface area (Å²) in [5, 5.41) is 10.9. The van der Waals surface area contributed by atoms with Gasteiger partial charge < -0.3 is 10.1 Å². The summed E-state index contributed by atoms with van der Waals surface area (Å²) < 4.78 is 18.4. The van der Waals surface area contributed by atoms with Crippen molar-refractivity contribution in [2.45, 2.75) is 0 Å². The third kappa shape index (κ3) is 5.62. The van der Waals surface area contributed by atoms with Crippen LogP contribution in [0.4, 0.5) is 21.5 Å². The third-order valence-corrected chi connectivity index (χ3v) is 3.74. The van der Waals surface area contributed by atoms with Crippen LogP contribution >= 0.6 is 11.6 Å². The Labute approximate surface area is 160 Å². The average molecular weight is 384 g/mol. The van der Waals surface area contributed by atoms with E-state index in [0.717, 1.165) is 5.69 Å². The Hall–Kier alpha value is -3.25. The fourth-order valence-electron chi connectivity index (χ4n) is 2.13. The Balaban J connectivity index is 1.52. The van der Waals surface area contributed by atoms with Crippen molar-refractivity contribution in [3.63, 3.8) is 0 Å². The van der Waals surface area contributed by atoms with Crippen LogP contribution in [0.2, 0.25) is 5.02 Å². The van der Waals surface area contributed by atoms with Gasteiger partial charge in [-0.1, -0.05) is 29.8 Å². The van der Waals surface area contributed by atoms with Gasteiger partial charge in [0.2, 0.25) is 0 Å². The van der Waals surface area contributed by atoms with Crippen molar-refractivity contribution in [1.82, 2.24) is 0 Å². The molecule has 0 aliphatic rings. The second-order valence-electron chi connectivity index (χ2n) is 5.50. The van der Waals surface area contributed by atoms with Gasteiger partial charge in [0.05, 0.1) is 16.4 Å². The topological polar surface area (TPSA) is 63.0 Å². The number of benzene rings is 3. The molecule has 0 unspecified atom stereocenters. The van der Waals surface area contributed by atoms with E-state index >= 15 is 0 Å². The van der Waals surface area contributed by atoms with E-state index in [1.165, 1.54) is 18.2 Å². The second-order valence-corrected chi connectivity index (χ2v) is 5.90. The van der Waals surface area contributed by atoms with E-state index in [1.54, 1.807) is 24.3 Å². The lowest BCUT2D eigenvalue weighted by molar-refractivity contribution is -0.118. The van der Waals surface area contributed by atoms with Crippen LogP contribution in [0.3, 0.4) is 0 Å². The zero-order chi connectivity index (χ0) is 19.1.